The second kappa shape index (κ2) is 5.55. The fourth-order valence-electron chi connectivity index (χ4n) is 1.23. The molecule has 2 N–H and O–H groups in total. The first-order valence-electron chi connectivity index (χ1n) is 4.91. The Morgan fingerprint density at radius 2 is 2.12 bits per heavy atom. The summed E-state index contributed by atoms with van der Waals surface area (Å²) < 4.78 is 26.7. The van der Waals surface area contributed by atoms with E-state index in [1.54, 1.807) is 0 Å². The van der Waals surface area contributed by atoms with Crippen LogP contribution in [0.2, 0.25) is 0 Å². The number of amides is 1. The topological polar surface area (TPSA) is 49.3 Å². The number of aryl methyl sites for hydroxylation is 1. The van der Waals surface area contributed by atoms with Crippen molar-refractivity contribution in [2.24, 2.45) is 0 Å². The third-order valence-corrected chi connectivity index (χ3v) is 2.13. The maximum Gasteiger partial charge on any atom is 0.257 e. The smallest absolute Gasteiger partial charge is 0.257 e. The molecule has 1 rings (SSSR count). The van der Waals surface area contributed by atoms with Crippen molar-refractivity contribution in [1.29, 1.82) is 0 Å². The number of rotatable bonds is 4. The maximum absolute atomic E-state index is 13.5. The van der Waals surface area contributed by atoms with E-state index >= 15 is 0 Å². The number of halogens is 2. The Bertz CT molecular complexity index is 394. The summed E-state index contributed by atoms with van der Waals surface area (Å²) in [5.41, 5.74) is -0.355. The van der Waals surface area contributed by atoms with Crippen LogP contribution in [-0.2, 0) is 0 Å². The number of nitrogens with one attached hydrogen (secondary N) is 1. The number of aliphatic hydroxyl groups is 1. The molecule has 0 aliphatic carbocycles. The van der Waals surface area contributed by atoms with Gasteiger partial charge in [0.1, 0.15) is 17.2 Å². The van der Waals surface area contributed by atoms with Crippen molar-refractivity contribution >= 4 is 5.91 Å². The van der Waals surface area contributed by atoms with Gasteiger partial charge in [-0.1, -0.05) is 6.07 Å². The molecule has 0 spiro atoms. The first kappa shape index (κ1) is 12.6. The molecule has 0 atom stereocenters. The zero-order chi connectivity index (χ0) is 12.1. The number of carbonyl (C=O) groups is 1. The van der Waals surface area contributed by atoms with Crippen molar-refractivity contribution in [3.63, 3.8) is 0 Å². The first-order valence-corrected chi connectivity index (χ1v) is 4.91. The fourth-order valence-corrected chi connectivity index (χ4v) is 1.23. The lowest BCUT2D eigenvalue weighted by molar-refractivity contribution is 0.0942. The third-order valence-electron chi connectivity index (χ3n) is 2.13. The highest BCUT2D eigenvalue weighted by molar-refractivity contribution is 5.94. The largest absolute Gasteiger partial charge is 0.396 e. The molecule has 1 amide bonds. The zero-order valence-corrected chi connectivity index (χ0v) is 8.89. The fraction of sp³-hybridized carbons (Fsp3) is 0.364. The Kier molecular flexibility index (Phi) is 4.37. The van der Waals surface area contributed by atoms with E-state index in [1.807, 2.05) is 0 Å². The van der Waals surface area contributed by atoms with Crippen molar-refractivity contribution in [2.75, 3.05) is 13.2 Å². The van der Waals surface area contributed by atoms with Crippen LogP contribution in [0.5, 0.6) is 0 Å². The van der Waals surface area contributed by atoms with Crippen molar-refractivity contribution < 1.29 is 18.7 Å². The van der Waals surface area contributed by atoms with Crippen molar-refractivity contribution in [3.8, 4) is 0 Å². The summed E-state index contributed by atoms with van der Waals surface area (Å²) in [6, 6.07) is 2.33. The molecule has 1 aromatic rings. The minimum atomic E-state index is -0.885. The van der Waals surface area contributed by atoms with Gasteiger partial charge in [-0.25, -0.2) is 8.78 Å². The molecule has 0 aliphatic rings. The highest BCUT2D eigenvalue weighted by Crippen LogP contribution is 2.15. The molecule has 16 heavy (non-hydrogen) atoms. The molecular weight excluding hydrogens is 216 g/mol. The minimum absolute atomic E-state index is 0.0843. The van der Waals surface area contributed by atoms with Gasteiger partial charge in [-0.05, 0) is 25.0 Å². The van der Waals surface area contributed by atoms with Gasteiger partial charge in [0.2, 0.25) is 0 Å². The van der Waals surface area contributed by atoms with Gasteiger partial charge < -0.3 is 10.4 Å². The summed E-state index contributed by atoms with van der Waals surface area (Å²) in [7, 11) is 0. The second-order valence-corrected chi connectivity index (χ2v) is 3.39. The van der Waals surface area contributed by atoms with Crippen LogP contribution < -0.4 is 5.32 Å². The summed E-state index contributed by atoms with van der Waals surface area (Å²) in [4.78, 5) is 11.4. The summed E-state index contributed by atoms with van der Waals surface area (Å²) >= 11 is 0. The molecule has 0 saturated heterocycles. The molecule has 3 nitrogen and oxygen atoms in total. The summed E-state index contributed by atoms with van der Waals surface area (Å²) in [6.45, 7) is 1.56. The molecule has 0 heterocycles. The number of benzene rings is 1. The predicted molar refractivity (Wildman–Crippen MR) is 55.1 cm³/mol. The van der Waals surface area contributed by atoms with Crippen LogP contribution in [0.4, 0.5) is 8.78 Å². The van der Waals surface area contributed by atoms with E-state index < -0.39 is 23.1 Å². The van der Waals surface area contributed by atoms with Crippen molar-refractivity contribution in [2.45, 2.75) is 13.3 Å². The van der Waals surface area contributed by atoms with Crippen molar-refractivity contribution in [1.82, 2.24) is 5.32 Å². The lowest BCUT2D eigenvalue weighted by Crippen LogP contribution is -2.27. The SMILES string of the molecule is Cc1ccc(F)c(C(=O)NCCCO)c1F. The maximum atomic E-state index is 13.5. The highest BCUT2D eigenvalue weighted by Gasteiger charge is 2.18. The molecule has 0 saturated carbocycles. The Labute approximate surface area is 92.1 Å². The Morgan fingerprint density at radius 1 is 1.44 bits per heavy atom. The van der Waals surface area contributed by atoms with Crippen molar-refractivity contribution in [3.05, 3.63) is 34.9 Å². The minimum Gasteiger partial charge on any atom is -0.396 e. The van der Waals surface area contributed by atoms with E-state index in [1.165, 1.54) is 13.0 Å². The number of hydrogen-bond acceptors (Lipinski definition) is 2. The summed E-state index contributed by atoms with van der Waals surface area (Å²) in [5.74, 6) is -2.53. The molecule has 88 valence electrons. The quantitative estimate of drug-likeness (QED) is 0.766. The van der Waals surface area contributed by atoms with Gasteiger partial charge in [-0.15, -0.1) is 0 Å². The molecule has 0 unspecified atom stereocenters. The van der Waals surface area contributed by atoms with Crippen LogP contribution in [0, 0.1) is 18.6 Å². The van der Waals surface area contributed by atoms with Gasteiger partial charge in [-0.3, -0.25) is 4.79 Å². The normalized spacial score (nSPS) is 10.2. The van der Waals surface area contributed by atoms with E-state index in [0.29, 0.717) is 6.42 Å². The Morgan fingerprint density at radius 3 is 2.75 bits per heavy atom. The standard InChI is InChI=1S/C11H13F2NO2/c1-7-3-4-8(12)9(10(7)13)11(16)14-5-2-6-15/h3-4,15H,2,5-6H2,1H3,(H,14,16). The Balaban J connectivity index is 2.86. The van der Waals surface area contributed by atoms with Gasteiger partial charge in [0.25, 0.3) is 5.91 Å². The summed E-state index contributed by atoms with van der Waals surface area (Å²) in [6.07, 6.45) is 0.348. The summed E-state index contributed by atoms with van der Waals surface area (Å²) in [5, 5.41) is 10.8. The van der Waals surface area contributed by atoms with E-state index in [4.69, 9.17) is 5.11 Å². The number of carbonyl (C=O) groups excluding carboxylic acids is 1. The van der Waals surface area contributed by atoms with Gasteiger partial charge in [-0.2, -0.15) is 0 Å². The number of hydrogen-bond donors (Lipinski definition) is 2. The highest BCUT2D eigenvalue weighted by atomic mass is 19.1. The average Bonchev–Trinajstić information content (AvgIpc) is 2.24. The lowest BCUT2D eigenvalue weighted by atomic mass is 10.1. The molecule has 0 aliphatic heterocycles. The molecule has 1 aromatic carbocycles. The Hall–Kier alpha value is -1.49. The third kappa shape index (κ3) is 2.76. The van der Waals surface area contributed by atoms with Crippen LogP contribution in [0.3, 0.4) is 0 Å². The second-order valence-electron chi connectivity index (χ2n) is 3.39. The lowest BCUT2D eigenvalue weighted by Gasteiger charge is -2.07. The van der Waals surface area contributed by atoms with E-state index in [9.17, 15) is 13.6 Å². The van der Waals surface area contributed by atoms with E-state index in [-0.39, 0.29) is 18.7 Å². The van der Waals surface area contributed by atoms with Gasteiger partial charge >= 0.3 is 0 Å². The molecule has 5 heteroatoms. The van der Waals surface area contributed by atoms with Gasteiger partial charge in [0.15, 0.2) is 0 Å². The predicted octanol–water partition coefficient (Wildman–Crippen LogP) is 1.39. The van der Waals surface area contributed by atoms with Gasteiger partial charge in [0.05, 0.1) is 0 Å². The molecule has 0 fully saturated rings. The molecular formula is C11H13F2NO2. The van der Waals surface area contributed by atoms with Crippen LogP contribution in [0.25, 0.3) is 0 Å². The van der Waals surface area contributed by atoms with E-state index in [0.717, 1.165) is 6.07 Å². The van der Waals surface area contributed by atoms with Crippen LogP contribution in [0.1, 0.15) is 22.3 Å². The van der Waals surface area contributed by atoms with E-state index in [2.05, 4.69) is 5.32 Å². The average molecular weight is 229 g/mol. The first-order chi connectivity index (χ1) is 7.57. The molecule has 0 aromatic heterocycles. The monoisotopic (exact) mass is 229 g/mol. The number of aliphatic hydroxyl groups excluding tert-OH is 1. The molecule has 0 radical (unpaired) electrons. The molecule has 0 bridgehead atoms. The van der Waals surface area contributed by atoms with Gasteiger partial charge in [0, 0.05) is 13.2 Å². The van der Waals surface area contributed by atoms with Crippen LogP contribution in [-0.4, -0.2) is 24.2 Å². The van der Waals surface area contributed by atoms with Crippen LogP contribution >= 0.6 is 0 Å². The van der Waals surface area contributed by atoms with Crippen LogP contribution in [0.15, 0.2) is 12.1 Å². The zero-order valence-electron chi connectivity index (χ0n) is 8.89.